The minimum Gasteiger partial charge on any atom is -0.376 e. The van der Waals surface area contributed by atoms with Crippen molar-refractivity contribution >= 4 is 11.9 Å². The lowest BCUT2D eigenvalue weighted by atomic mass is 10.1. The van der Waals surface area contributed by atoms with Crippen LogP contribution in [0, 0.1) is 6.92 Å². The number of nitrogens with one attached hydrogen (secondary N) is 1. The summed E-state index contributed by atoms with van der Waals surface area (Å²) < 4.78 is 7.16. The molecule has 8 nitrogen and oxygen atoms in total. The highest BCUT2D eigenvalue weighted by Crippen LogP contribution is 2.21. The lowest BCUT2D eigenvalue weighted by Gasteiger charge is -2.33. The van der Waals surface area contributed by atoms with E-state index in [1.165, 1.54) is 0 Å². The van der Waals surface area contributed by atoms with Crippen molar-refractivity contribution in [2.45, 2.75) is 52.2 Å². The fraction of sp³-hybridized carbons (Fsp3) is 0.600. The van der Waals surface area contributed by atoms with Crippen molar-refractivity contribution in [3.8, 4) is 0 Å². The maximum Gasteiger partial charge on any atom is 0.270 e. The number of anilines is 1. The van der Waals surface area contributed by atoms with Gasteiger partial charge in [0, 0.05) is 49.9 Å². The van der Waals surface area contributed by atoms with Crippen LogP contribution in [-0.4, -0.2) is 51.4 Å². The second kappa shape index (κ2) is 7.87. The topological polar surface area (TPSA) is 85.2 Å². The molecule has 0 saturated carbocycles. The molecule has 1 atom stereocenters. The molecule has 0 spiro atoms. The Bertz CT molecular complexity index is 878. The molecular weight excluding hydrogens is 356 g/mol. The van der Waals surface area contributed by atoms with Crippen LogP contribution in [-0.2, 0) is 31.2 Å². The Morgan fingerprint density at radius 2 is 2.29 bits per heavy atom. The Hall–Kier alpha value is -2.48. The number of amides is 1. The maximum atomic E-state index is 12.9. The van der Waals surface area contributed by atoms with Gasteiger partial charge in [0.1, 0.15) is 5.69 Å². The number of fused-ring (bicyclic) bond motifs is 1. The van der Waals surface area contributed by atoms with E-state index in [0.717, 1.165) is 67.2 Å². The highest BCUT2D eigenvalue weighted by atomic mass is 16.5. The standard InChI is InChI=1S/C20H28N6O2/c1-4-16-13(2)18(25(3)24-16)19(27)22-15-6-5-8-26(11-15)20-21-10-14-12-28-9-7-17(14)23-20/h10,15H,4-9,11-12H2,1-3H3,(H,22,27)/t15-/m1/s1. The molecule has 2 aliphatic heterocycles. The summed E-state index contributed by atoms with van der Waals surface area (Å²) in [4.78, 5) is 24.4. The molecule has 0 radical (unpaired) electrons. The third kappa shape index (κ3) is 3.61. The van der Waals surface area contributed by atoms with E-state index in [1.807, 2.05) is 20.2 Å². The van der Waals surface area contributed by atoms with Crippen LogP contribution in [0.5, 0.6) is 0 Å². The van der Waals surface area contributed by atoms with Gasteiger partial charge in [0.25, 0.3) is 5.91 Å². The second-order valence-electron chi connectivity index (χ2n) is 7.60. The lowest BCUT2D eigenvalue weighted by Crippen LogP contribution is -2.48. The van der Waals surface area contributed by atoms with Gasteiger partial charge in [-0.15, -0.1) is 0 Å². The van der Waals surface area contributed by atoms with Crippen LogP contribution >= 0.6 is 0 Å². The summed E-state index contributed by atoms with van der Waals surface area (Å²) in [6.07, 6.45) is 5.49. The Kier molecular flexibility index (Phi) is 5.30. The highest BCUT2D eigenvalue weighted by molar-refractivity contribution is 5.94. The summed E-state index contributed by atoms with van der Waals surface area (Å²) in [7, 11) is 1.83. The minimum atomic E-state index is -0.0532. The van der Waals surface area contributed by atoms with E-state index in [0.29, 0.717) is 18.9 Å². The first-order chi connectivity index (χ1) is 13.6. The fourth-order valence-electron chi connectivity index (χ4n) is 4.14. The normalized spacial score (nSPS) is 19.4. The molecular formula is C20H28N6O2. The van der Waals surface area contributed by atoms with E-state index in [-0.39, 0.29) is 11.9 Å². The van der Waals surface area contributed by atoms with E-state index in [4.69, 9.17) is 9.72 Å². The number of aryl methyl sites for hydroxylation is 2. The highest BCUT2D eigenvalue weighted by Gasteiger charge is 2.26. The number of hydrogen-bond acceptors (Lipinski definition) is 6. The average Bonchev–Trinajstić information content (AvgIpc) is 3.01. The smallest absolute Gasteiger partial charge is 0.270 e. The first-order valence-corrected chi connectivity index (χ1v) is 10.1. The number of rotatable bonds is 4. The monoisotopic (exact) mass is 384 g/mol. The summed E-state index contributed by atoms with van der Waals surface area (Å²) in [5.74, 6) is 0.701. The number of carbonyl (C=O) groups is 1. The van der Waals surface area contributed by atoms with Gasteiger partial charge < -0.3 is 15.0 Å². The largest absolute Gasteiger partial charge is 0.376 e. The van der Waals surface area contributed by atoms with Crippen LogP contribution in [0.15, 0.2) is 6.20 Å². The predicted molar refractivity (Wildman–Crippen MR) is 105 cm³/mol. The van der Waals surface area contributed by atoms with Crippen molar-refractivity contribution < 1.29 is 9.53 Å². The van der Waals surface area contributed by atoms with Crippen molar-refractivity contribution in [3.63, 3.8) is 0 Å². The third-order valence-corrected chi connectivity index (χ3v) is 5.65. The maximum absolute atomic E-state index is 12.9. The van der Waals surface area contributed by atoms with Gasteiger partial charge in [0.15, 0.2) is 0 Å². The van der Waals surface area contributed by atoms with Crippen LogP contribution in [0.4, 0.5) is 5.95 Å². The van der Waals surface area contributed by atoms with Gasteiger partial charge in [-0.3, -0.25) is 9.48 Å². The van der Waals surface area contributed by atoms with E-state index in [1.54, 1.807) is 4.68 Å². The molecule has 4 rings (SSSR count). The zero-order chi connectivity index (χ0) is 19.7. The predicted octanol–water partition coefficient (Wildman–Crippen LogP) is 1.55. The molecule has 0 unspecified atom stereocenters. The number of hydrogen-bond donors (Lipinski definition) is 1. The van der Waals surface area contributed by atoms with Crippen molar-refractivity contribution in [1.29, 1.82) is 0 Å². The fourth-order valence-corrected chi connectivity index (χ4v) is 4.14. The Balaban J connectivity index is 1.46. The molecule has 1 amide bonds. The number of ether oxygens (including phenoxy) is 1. The second-order valence-corrected chi connectivity index (χ2v) is 7.60. The summed E-state index contributed by atoms with van der Waals surface area (Å²) >= 11 is 0. The molecule has 2 aromatic rings. The number of carbonyl (C=O) groups excluding carboxylic acids is 1. The van der Waals surface area contributed by atoms with Gasteiger partial charge in [-0.05, 0) is 26.2 Å². The average molecular weight is 384 g/mol. The molecule has 0 aromatic carbocycles. The first kappa shape index (κ1) is 18.9. The number of aromatic nitrogens is 4. The molecule has 1 saturated heterocycles. The van der Waals surface area contributed by atoms with E-state index >= 15 is 0 Å². The summed E-state index contributed by atoms with van der Waals surface area (Å²) in [6.45, 7) is 6.97. The van der Waals surface area contributed by atoms with Crippen LogP contribution in [0.1, 0.15) is 52.8 Å². The van der Waals surface area contributed by atoms with E-state index in [2.05, 4.69) is 27.2 Å². The molecule has 2 aromatic heterocycles. The zero-order valence-corrected chi connectivity index (χ0v) is 16.9. The summed E-state index contributed by atoms with van der Waals surface area (Å²) in [5, 5.41) is 7.66. The summed E-state index contributed by atoms with van der Waals surface area (Å²) in [6, 6.07) is 0.0728. The molecule has 150 valence electrons. The lowest BCUT2D eigenvalue weighted by molar-refractivity contribution is 0.0922. The van der Waals surface area contributed by atoms with E-state index in [9.17, 15) is 4.79 Å². The van der Waals surface area contributed by atoms with Crippen LogP contribution < -0.4 is 10.2 Å². The van der Waals surface area contributed by atoms with Gasteiger partial charge in [-0.1, -0.05) is 6.92 Å². The summed E-state index contributed by atoms with van der Waals surface area (Å²) in [5.41, 5.74) is 4.76. The van der Waals surface area contributed by atoms with Gasteiger partial charge in [-0.25, -0.2) is 9.97 Å². The quantitative estimate of drug-likeness (QED) is 0.861. The van der Waals surface area contributed by atoms with Crippen molar-refractivity contribution in [1.82, 2.24) is 25.1 Å². The molecule has 2 aliphatic rings. The van der Waals surface area contributed by atoms with Crippen LogP contribution in [0.3, 0.4) is 0 Å². The minimum absolute atomic E-state index is 0.0532. The first-order valence-electron chi connectivity index (χ1n) is 10.1. The number of piperidine rings is 1. The van der Waals surface area contributed by atoms with Gasteiger partial charge in [0.2, 0.25) is 5.95 Å². The van der Waals surface area contributed by atoms with Crippen LogP contribution in [0.25, 0.3) is 0 Å². The Labute approximate surface area is 165 Å². The molecule has 1 fully saturated rings. The molecule has 0 aliphatic carbocycles. The Morgan fingerprint density at radius 1 is 1.43 bits per heavy atom. The molecule has 4 heterocycles. The molecule has 8 heteroatoms. The van der Waals surface area contributed by atoms with Gasteiger partial charge in [-0.2, -0.15) is 5.10 Å². The van der Waals surface area contributed by atoms with Crippen molar-refractivity contribution in [3.05, 3.63) is 34.4 Å². The van der Waals surface area contributed by atoms with Crippen molar-refractivity contribution in [2.24, 2.45) is 7.05 Å². The van der Waals surface area contributed by atoms with E-state index < -0.39 is 0 Å². The molecule has 28 heavy (non-hydrogen) atoms. The van der Waals surface area contributed by atoms with Crippen molar-refractivity contribution in [2.75, 3.05) is 24.6 Å². The zero-order valence-electron chi connectivity index (χ0n) is 16.9. The Morgan fingerprint density at radius 3 is 3.07 bits per heavy atom. The number of nitrogens with zero attached hydrogens (tertiary/aromatic N) is 5. The SMILES string of the molecule is CCc1nn(C)c(C(=O)N[C@@H]2CCCN(c3ncc4c(n3)CCOC4)C2)c1C. The third-order valence-electron chi connectivity index (χ3n) is 5.65. The van der Waals surface area contributed by atoms with Gasteiger partial charge >= 0.3 is 0 Å². The molecule has 0 bridgehead atoms. The van der Waals surface area contributed by atoms with Crippen LogP contribution in [0.2, 0.25) is 0 Å². The molecule has 1 N–H and O–H groups in total. The van der Waals surface area contributed by atoms with Gasteiger partial charge in [0.05, 0.1) is 24.6 Å².